The molecule has 3 rings (SSSR count). The van der Waals surface area contributed by atoms with Crippen LogP contribution in [0.5, 0.6) is 0 Å². The third-order valence-electron chi connectivity index (χ3n) is 3.41. The predicted octanol–water partition coefficient (Wildman–Crippen LogP) is 3.37. The summed E-state index contributed by atoms with van der Waals surface area (Å²) in [5, 5.41) is 2.52. The molecule has 5 nitrogen and oxygen atoms in total. The number of hydrogen-bond acceptors (Lipinski definition) is 4. The molecule has 0 spiro atoms. The number of carbonyl (C=O) groups excluding carboxylic acids is 3. The zero-order valence-electron chi connectivity index (χ0n) is 12.1. The minimum atomic E-state index is -0.683. The van der Waals surface area contributed by atoms with E-state index < -0.39 is 6.09 Å². The molecule has 0 atom stereocenters. The van der Waals surface area contributed by atoms with E-state index in [4.69, 9.17) is 4.74 Å². The van der Waals surface area contributed by atoms with Crippen molar-refractivity contribution in [1.82, 2.24) is 0 Å². The summed E-state index contributed by atoms with van der Waals surface area (Å²) in [6.45, 7) is 0.120. The highest BCUT2D eigenvalue weighted by Gasteiger charge is 2.23. The number of benzene rings is 2. The monoisotopic (exact) mass is 307 g/mol. The highest BCUT2D eigenvalue weighted by molar-refractivity contribution is 6.24. The number of ether oxygens (including phenoxy) is 1. The molecule has 0 bridgehead atoms. The number of rotatable bonds is 3. The van der Waals surface area contributed by atoms with E-state index in [2.05, 4.69) is 5.32 Å². The maximum absolute atomic E-state index is 12.0. The van der Waals surface area contributed by atoms with Crippen molar-refractivity contribution in [2.24, 2.45) is 0 Å². The standard InChI is InChI=1S/C18H13NO4/c20-15-9-10-16(21)17-13(15)7-4-8-14(17)19-18(22)23-11-12-5-2-1-3-6-12/h1-10H,11H2,(H,19,22). The molecule has 0 fully saturated rings. The Hall–Kier alpha value is -3.21. The zero-order valence-corrected chi connectivity index (χ0v) is 12.1. The van der Waals surface area contributed by atoms with Gasteiger partial charge in [0.25, 0.3) is 0 Å². The maximum atomic E-state index is 12.0. The van der Waals surface area contributed by atoms with Crippen molar-refractivity contribution >= 4 is 23.3 Å². The van der Waals surface area contributed by atoms with Crippen LogP contribution in [0.1, 0.15) is 26.3 Å². The van der Waals surface area contributed by atoms with Gasteiger partial charge in [-0.05, 0) is 23.8 Å². The average Bonchev–Trinajstić information content (AvgIpc) is 2.57. The van der Waals surface area contributed by atoms with Gasteiger partial charge in [0.2, 0.25) is 0 Å². The molecule has 0 saturated heterocycles. The van der Waals surface area contributed by atoms with E-state index in [-0.39, 0.29) is 35.0 Å². The van der Waals surface area contributed by atoms with Crippen LogP contribution in [0.15, 0.2) is 60.7 Å². The van der Waals surface area contributed by atoms with Gasteiger partial charge in [-0.15, -0.1) is 0 Å². The van der Waals surface area contributed by atoms with Gasteiger partial charge in [-0.2, -0.15) is 0 Å². The van der Waals surface area contributed by atoms with Crippen molar-refractivity contribution in [2.75, 3.05) is 5.32 Å². The largest absolute Gasteiger partial charge is 0.444 e. The first kappa shape index (κ1) is 14.7. The fraction of sp³-hybridized carbons (Fsp3) is 0.0556. The molecule has 0 radical (unpaired) electrons. The molecule has 23 heavy (non-hydrogen) atoms. The molecule has 0 aromatic heterocycles. The van der Waals surface area contributed by atoms with E-state index in [0.717, 1.165) is 5.56 Å². The molecule has 0 heterocycles. The Morgan fingerprint density at radius 2 is 1.65 bits per heavy atom. The lowest BCUT2D eigenvalue weighted by Gasteiger charge is -2.14. The van der Waals surface area contributed by atoms with Gasteiger partial charge in [0.05, 0.1) is 11.3 Å². The number of ketones is 2. The van der Waals surface area contributed by atoms with Crippen molar-refractivity contribution < 1.29 is 19.1 Å². The van der Waals surface area contributed by atoms with Crippen LogP contribution >= 0.6 is 0 Å². The Kier molecular flexibility index (Phi) is 4.01. The van der Waals surface area contributed by atoms with Gasteiger partial charge < -0.3 is 4.74 Å². The Balaban J connectivity index is 1.74. The smallest absolute Gasteiger partial charge is 0.411 e. The van der Waals surface area contributed by atoms with E-state index in [1.165, 1.54) is 12.2 Å². The summed E-state index contributed by atoms with van der Waals surface area (Å²) in [4.78, 5) is 35.7. The number of fused-ring (bicyclic) bond motifs is 1. The summed E-state index contributed by atoms with van der Waals surface area (Å²) >= 11 is 0. The molecule has 0 unspecified atom stereocenters. The molecule has 0 saturated carbocycles. The van der Waals surface area contributed by atoms with Crippen LogP contribution in [0.4, 0.5) is 10.5 Å². The number of amides is 1. The Bertz CT molecular complexity index is 809. The van der Waals surface area contributed by atoms with Crippen molar-refractivity contribution in [2.45, 2.75) is 6.61 Å². The molecule has 1 amide bonds. The Morgan fingerprint density at radius 1 is 0.913 bits per heavy atom. The van der Waals surface area contributed by atoms with Crippen LogP contribution in [-0.4, -0.2) is 17.7 Å². The van der Waals surface area contributed by atoms with E-state index in [9.17, 15) is 14.4 Å². The topological polar surface area (TPSA) is 72.5 Å². The molecular weight excluding hydrogens is 294 g/mol. The Morgan fingerprint density at radius 3 is 2.43 bits per heavy atom. The van der Waals surface area contributed by atoms with Crippen LogP contribution in [-0.2, 0) is 11.3 Å². The van der Waals surface area contributed by atoms with E-state index >= 15 is 0 Å². The number of nitrogens with one attached hydrogen (secondary N) is 1. The summed E-state index contributed by atoms with van der Waals surface area (Å²) < 4.78 is 5.12. The lowest BCUT2D eigenvalue weighted by Crippen LogP contribution is -2.19. The van der Waals surface area contributed by atoms with Gasteiger partial charge in [0.1, 0.15) is 6.61 Å². The molecule has 1 aliphatic carbocycles. The van der Waals surface area contributed by atoms with Gasteiger partial charge in [0.15, 0.2) is 11.6 Å². The molecule has 2 aromatic rings. The molecule has 5 heteroatoms. The molecular formula is C18H13NO4. The van der Waals surface area contributed by atoms with Crippen LogP contribution in [0.25, 0.3) is 0 Å². The van der Waals surface area contributed by atoms with E-state index in [1.54, 1.807) is 18.2 Å². The third kappa shape index (κ3) is 3.18. The first-order valence-electron chi connectivity index (χ1n) is 7.02. The second-order valence-electron chi connectivity index (χ2n) is 4.98. The first-order chi connectivity index (χ1) is 11.1. The minimum absolute atomic E-state index is 0.120. The summed E-state index contributed by atoms with van der Waals surface area (Å²) in [6, 6.07) is 14.0. The molecule has 114 valence electrons. The quantitative estimate of drug-likeness (QED) is 0.943. The van der Waals surface area contributed by atoms with E-state index in [0.29, 0.717) is 0 Å². The summed E-state index contributed by atoms with van der Waals surface area (Å²) in [7, 11) is 0. The fourth-order valence-electron chi connectivity index (χ4n) is 2.32. The number of carbonyl (C=O) groups is 3. The minimum Gasteiger partial charge on any atom is -0.444 e. The summed E-state index contributed by atoms with van der Waals surface area (Å²) in [5.74, 6) is -0.584. The number of allylic oxidation sites excluding steroid dienone is 2. The van der Waals surface area contributed by atoms with Gasteiger partial charge in [-0.3, -0.25) is 14.9 Å². The number of hydrogen-bond donors (Lipinski definition) is 1. The van der Waals surface area contributed by atoms with Crippen molar-refractivity contribution in [1.29, 1.82) is 0 Å². The second-order valence-corrected chi connectivity index (χ2v) is 4.98. The average molecular weight is 307 g/mol. The van der Waals surface area contributed by atoms with Crippen LogP contribution in [0.2, 0.25) is 0 Å². The highest BCUT2D eigenvalue weighted by atomic mass is 16.5. The van der Waals surface area contributed by atoms with Crippen molar-refractivity contribution in [3.05, 3.63) is 77.4 Å². The van der Waals surface area contributed by atoms with Crippen molar-refractivity contribution in [3.63, 3.8) is 0 Å². The van der Waals surface area contributed by atoms with Gasteiger partial charge in [-0.25, -0.2) is 4.79 Å². The molecule has 1 N–H and O–H groups in total. The maximum Gasteiger partial charge on any atom is 0.411 e. The van der Waals surface area contributed by atoms with Crippen LogP contribution in [0, 0.1) is 0 Å². The van der Waals surface area contributed by atoms with Crippen molar-refractivity contribution in [3.8, 4) is 0 Å². The fourth-order valence-corrected chi connectivity index (χ4v) is 2.32. The first-order valence-corrected chi connectivity index (χ1v) is 7.02. The zero-order chi connectivity index (χ0) is 16.2. The normalized spacial score (nSPS) is 12.7. The van der Waals surface area contributed by atoms with Crippen LogP contribution in [0.3, 0.4) is 0 Å². The summed E-state index contributed by atoms with van der Waals surface area (Å²) in [5.41, 5.74) is 1.59. The van der Waals surface area contributed by atoms with Gasteiger partial charge in [-0.1, -0.05) is 42.5 Å². The molecule has 2 aromatic carbocycles. The van der Waals surface area contributed by atoms with E-state index in [1.807, 2.05) is 30.3 Å². The second kappa shape index (κ2) is 6.27. The van der Waals surface area contributed by atoms with Gasteiger partial charge in [0, 0.05) is 5.56 Å². The lowest BCUT2D eigenvalue weighted by molar-refractivity contribution is 0.0994. The lowest BCUT2D eigenvalue weighted by atomic mass is 9.93. The Labute approximate surface area is 132 Å². The third-order valence-corrected chi connectivity index (χ3v) is 3.41. The SMILES string of the molecule is O=C(Nc1cccc2c1C(=O)C=CC2=O)OCc1ccccc1. The number of anilines is 1. The molecule has 1 aliphatic rings. The van der Waals surface area contributed by atoms with Crippen LogP contribution < -0.4 is 5.32 Å². The highest BCUT2D eigenvalue weighted by Crippen LogP contribution is 2.25. The van der Waals surface area contributed by atoms with Gasteiger partial charge >= 0.3 is 6.09 Å². The molecule has 0 aliphatic heterocycles. The summed E-state index contributed by atoms with van der Waals surface area (Å²) in [6.07, 6.45) is 1.74. The predicted molar refractivity (Wildman–Crippen MR) is 84.5 cm³/mol.